The van der Waals surface area contributed by atoms with E-state index in [9.17, 15) is 4.79 Å². The Morgan fingerprint density at radius 1 is 1.53 bits per heavy atom. The number of aromatic nitrogens is 2. The van der Waals surface area contributed by atoms with Crippen molar-refractivity contribution < 1.29 is 4.79 Å². The summed E-state index contributed by atoms with van der Waals surface area (Å²) in [6.45, 7) is 0.163. The highest BCUT2D eigenvalue weighted by Crippen LogP contribution is 1.92. The van der Waals surface area contributed by atoms with Gasteiger partial charge >= 0.3 is 0 Å². The Hall–Kier alpha value is -1.99. The van der Waals surface area contributed by atoms with Gasteiger partial charge < -0.3 is 16.5 Å². The molecule has 0 spiro atoms. The summed E-state index contributed by atoms with van der Waals surface area (Å²) < 4.78 is 0. The van der Waals surface area contributed by atoms with Gasteiger partial charge in [0.2, 0.25) is 0 Å². The maximum atomic E-state index is 11.5. The smallest absolute Gasteiger partial charge is 0.275 e. The number of hydrogen-bond donors (Lipinski definition) is 4. The SMILES string of the molecule is NC/C(=C\NN)NC(=O)c1cnccn1. The van der Waals surface area contributed by atoms with Crippen LogP contribution >= 0.6 is 0 Å². The zero-order chi connectivity index (χ0) is 11.1. The summed E-state index contributed by atoms with van der Waals surface area (Å²) >= 11 is 0. The first kappa shape index (κ1) is 11.1. The highest BCUT2D eigenvalue weighted by Gasteiger charge is 2.07. The first-order valence-corrected chi connectivity index (χ1v) is 4.20. The summed E-state index contributed by atoms with van der Waals surface area (Å²) in [6.07, 6.45) is 5.67. The third-order valence-electron chi connectivity index (χ3n) is 1.55. The summed E-state index contributed by atoms with van der Waals surface area (Å²) in [5.41, 5.74) is 8.34. The van der Waals surface area contributed by atoms with Crippen LogP contribution in [-0.4, -0.2) is 22.4 Å². The topological polar surface area (TPSA) is 119 Å². The van der Waals surface area contributed by atoms with Crippen LogP contribution in [0.3, 0.4) is 0 Å². The van der Waals surface area contributed by atoms with Crippen LogP contribution in [0.2, 0.25) is 0 Å². The monoisotopic (exact) mass is 208 g/mol. The molecule has 1 heterocycles. The minimum atomic E-state index is -0.380. The van der Waals surface area contributed by atoms with Gasteiger partial charge in [-0.3, -0.25) is 15.6 Å². The van der Waals surface area contributed by atoms with Gasteiger partial charge in [0.1, 0.15) is 5.69 Å². The molecule has 0 bridgehead atoms. The number of hydrazine groups is 1. The van der Waals surface area contributed by atoms with Crippen molar-refractivity contribution in [1.82, 2.24) is 20.7 Å². The Balaban J connectivity index is 2.67. The van der Waals surface area contributed by atoms with E-state index in [-0.39, 0.29) is 18.1 Å². The Kier molecular flexibility index (Phi) is 4.20. The van der Waals surface area contributed by atoms with Gasteiger partial charge in [-0.1, -0.05) is 0 Å². The van der Waals surface area contributed by atoms with Gasteiger partial charge in [-0.2, -0.15) is 0 Å². The third-order valence-corrected chi connectivity index (χ3v) is 1.55. The van der Waals surface area contributed by atoms with E-state index < -0.39 is 0 Å². The number of nitrogens with zero attached hydrogens (tertiary/aromatic N) is 2. The molecule has 0 atom stereocenters. The van der Waals surface area contributed by atoms with Gasteiger partial charge in [-0.05, 0) is 0 Å². The van der Waals surface area contributed by atoms with Crippen molar-refractivity contribution in [3.05, 3.63) is 36.2 Å². The maximum absolute atomic E-state index is 11.5. The second kappa shape index (κ2) is 5.68. The molecule has 1 aromatic heterocycles. The molecule has 7 heteroatoms. The first-order valence-electron chi connectivity index (χ1n) is 4.20. The molecule has 0 unspecified atom stereocenters. The van der Waals surface area contributed by atoms with Crippen LogP contribution in [-0.2, 0) is 0 Å². The van der Waals surface area contributed by atoms with Gasteiger partial charge in [-0.15, -0.1) is 0 Å². The van der Waals surface area contributed by atoms with E-state index >= 15 is 0 Å². The molecule has 1 rings (SSSR count). The van der Waals surface area contributed by atoms with Crippen molar-refractivity contribution in [2.75, 3.05) is 6.54 Å². The van der Waals surface area contributed by atoms with Crippen LogP contribution < -0.4 is 22.3 Å². The zero-order valence-electron chi connectivity index (χ0n) is 7.97. The number of hydrogen-bond acceptors (Lipinski definition) is 6. The molecule has 80 valence electrons. The van der Waals surface area contributed by atoms with Crippen molar-refractivity contribution in [2.45, 2.75) is 0 Å². The van der Waals surface area contributed by atoms with Gasteiger partial charge in [0.15, 0.2) is 0 Å². The lowest BCUT2D eigenvalue weighted by Gasteiger charge is -2.06. The fourth-order valence-corrected chi connectivity index (χ4v) is 0.873. The first-order chi connectivity index (χ1) is 7.27. The lowest BCUT2D eigenvalue weighted by Crippen LogP contribution is -2.30. The fourth-order valence-electron chi connectivity index (χ4n) is 0.873. The largest absolute Gasteiger partial charge is 0.330 e. The Bertz CT molecular complexity index is 349. The van der Waals surface area contributed by atoms with E-state index in [1.165, 1.54) is 24.8 Å². The maximum Gasteiger partial charge on any atom is 0.275 e. The average Bonchev–Trinajstić information content (AvgIpc) is 2.29. The Labute approximate surface area is 86.6 Å². The molecule has 1 amide bonds. The number of carbonyl (C=O) groups excluding carboxylic acids is 1. The van der Waals surface area contributed by atoms with Gasteiger partial charge in [-0.25, -0.2) is 4.98 Å². The quantitative estimate of drug-likeness (QED) is 0.352. The van der Waals surface area contributed by atoms with E-state index in [0.717, 1.165) is 0 Å². The number of carbonyl (C=O) groups is 1. The highest BCUT2D eigenvalue weighted by molar-refractivity contribution is 5.93. The second-order valence-corrected chi connectivity index (χ2v) is 2.59. The summed E-state index contributed by atoms with van der Waals surface area (Å²) in [4.78, 5) is 19.1. The number of nitrogens with one attached hydrogen (secondary N) is 2. The third kappa shape index (κ3) is 3.33. The molecule has 0 aliphatic rings. The second-order valence-electron chi connectivity index (χ2n) is 2.59. The van der Waals surface area contributed by atoms with Crippen molar-refractivity contribution >= 4 is 5.91 Å². The van der Waals surface area contributed by atoms with Crippen LogP contribution in [0.15, 0.2) is 30.5 Å². The normalized spacial score (nSPS) is 10.9. The molecule has 0 fully saturated rings. The van der Waals surface area contributed by atoms with E-state index in [2.05, 4.69) is 20.7 Å². The van der Waals surface area contributed by atoms with Gasteiger partial charge in [0, 0.05) is 30.8 Å². The lowest BCUT2D eigenvalue weighted by atomic mass is 10.4. The molecule has 7 nitrogen and oxygen atoms in total. The number of rotatable bonds is 4. The fraction of sp³-hybridized carbons (Fsp3) is 0.125. The molecule has 0 aromatic carbocycles. The molecule has 6 N–H and O–H groups in total. The van der Waals surface area contributed by atoms with E-state index in [1.807, 2.05) is 0 Å². The molecule has 0 radical (unpaired) electrons. The van der Waals surface area contributed by atoms with Gasteiger partial charge in [0.05, 0.1) is 6.20 Å². The van der Waals surface area contributed by atoms with Crippen LogP contribution in [0.1, 0.15) is 10.5 Å². The summed E-state index contributed by atoms with van der Waals surface area (Å²) in [7, 11) is 0. The van der Waals surface area contributed by atoms with Crippen LogP contribution in [0.5, 0.6) is 0 Å². The minimum Gasteiger partial charge on any atom is -0.330 e. The predicted octanol–water partition coefficient (Wildman–Crippen LogP) is -1.53. The molecular formula is C8H12N6O. The molecule has 0 aliphatic heterocycles. The highest BCUT2D eigenvalue weighted by atomic mass is 16.1. The van der Waals surface area contributed by atoms with E-state index in [4.69, 9.17) is 11.6 Å². The molecule has 15 heavy (non-hydrogen) atoms. The Morgan fingerprint density at radius 3 is 2.87 bits per heavy atom. The van der Waals surface area contributed by atoms with Crippen molar-refractivity contribution in [1.29, 1.82) is 0 Å². The van der Waals surface area contributed by atoms with Crippen LogP contribution in [0.25, 0.3) is 0 Å². The molecule has 1 aromatic rings. The summed E-state index contributed by atoms with van der Waals surface area (Å²) in [5.74, 6) is 4.68. The number of amides is 1. The molecule has 0 aliphatic carbocycles. The zero-order valence-corrected chi connectivity index (χ0v) is 7.97. The predicted molar refractivity (Wildman–Crippen MR) is 54.0 cm³/mol. The van der Waals surface area contributed by atoms with Crippen LogP contribution in [0, 0.1) is 0 Å². The minimum absolute atomic E-state index is 0.163. The molecule has 0 saturated heterocycles. The average molecular weight is 208 g/mol. The van der Waals surface area contributed by atoms with Crippen molar-refractivity contribution in [3.63, 3.8) is 0 Å². The van der Waals surface area contributed by atoms with Gasteiger partial charge in [0.25, 0.3) is 5.91 Å². The van der Waals surface area contributed by atoms with Crippen molar-refractivity contribution in [2.24, 2.45) is 11.6 Å². The lowest BCUT2D eigenvalue weighted by molar-refractivity contribution is 0.0960. The number of nitrogens with two attached hydrogens (primary N) is 2. The molecular weight excluding hydrogens is 196 g/mol. The standard InChI is InChI=1S/C8H12N6O/c9-3-6(4-13-10)14-8(15)7-5-11-1-2-12-7/h1-2,4-5,13H,3,9-10H2,(H,14,15)/b6-4+. The Morgan fingerprint density at radius 2 is 2.33 bits per heavy atom. The van der Waals surface area contributed by atoms with E-state index in [0.29, 0.717) is 5.70 Å². The summed E-state index contributed by atoms with van der Waals surface area (Å²) in [5, 5.41) is 2.54. The van der Waals surface area contributed by atoms with Crippen LogP contribution in [0.4, 0.5) is 0 Å². The van der Waals surface area contributed by atoms with Crippen molar-refractivity contribution in [3.8, 4) is 0 Å². The van der Waals surface area contributed by atoms with E-state index in [1.54, 1.807) is 0 Å². The molecule has 0 saturated carbocycles. The summed E-state index contributed by atoms with van der Waals surface area (Å²) in [6, 6.07) is 0.